The van der Waals surface area contributed by atoms with Gasteiger partial charge in [0.15, 0.2) is 12.6 Å². The van der Waals surface area contributed by atoms with Gasteiger partial charge in [0.05, 0.1) is 32.0 Å². The minimum Gasteiger partial charge on any atom is -0.394 e. The quantitative estimate of drug-likeness (QED) is 0.0445. The molecule has 2 saturated heterocycles. The number of aliphatic hydroxyl groups excluding tert-OH is 8. The summed E-state index contributed by atoms with van der Waals surface area (Å²) in [7, 11) is 0. The van der Waals surface area contributed by atoms with E-state index in [2.05, 4.69) is 19.2 Å². The second-order valence-corrected chi connectivity index (χ2v) is 15.8. The van der Waals surface area contributed by atoms with Crippen LogP contribution in [0.1, 0.15) is 162 Å². The van der Waals surface area contributed by atoms with Crippen molar-refractivity contribution in [2.24, 2.45) is 0 Å². The van der Waals surface area contributed by atoms with Crippen LogP contribution in [0.5, 0.6) is 0 Å². The topological polar surface area (TPSA) is 228 Å². The Hall–Kier alpha value is -1.01. The van der Waals surface area contributed by atoms with Crippen molar-refractivity contribution in [1.29, 1.82) is 0 Å². The summed E-state index contributed by atoms with van der Waals surface area (Å²) in [4.78, 5) is 13.0. The molecule has 12 unspecified atom stereocenters. The molecular formula is C41H79NO13. The van der Waals surface area contributed by atoms with Crippen molar-refractivity contribution in [2.45, 2.75) is 235 Å². The Morgan fingerprint density at radius 1 is 0.582 bits per heavy atom. The fourth-order valence-corrected chi connectivity index (χ4v) is 7.41. The number of amides is 1. The molecule has 12 atom stereocenters. The van der Waals surface area contributed by atoms with E-state index in [1.165, 1.54) is 83.5 Å². The molecule has 2 aliphatic rings. The summed E-state index contributed by atoms with van der Waals surface area (Å²) in [5, 5.41) is 86.3. The zero-order chi connectivity index (χ0) is 40.4. The molecule has 0 aromatic rings. The lowest BCUT2D eigenvalue weighted by molar-refractivity contribution is -0.359. The zero-order valence-electron chi connectivity index (χ0n) is 33.9. The number of carbonyl (C=O) groups excluding carboxylic acids is 1. The smallest absolute Gasteiger partial charge is 0.220 e. The van der Waals surface area contributed by atoms with Crippen molar-refractivity contribution < 1.29 is 64.6 Å². The zero-order valence-corrected chi connectivity index (χ0v) is 33.9. The number of nitrogens with one attached hydrogen (secondary N) is 1. The van der Waals surface area contributed by atoms with Crippen molar-refractivity contribution in [1.82, 2.24) is 5.32 Å². The lowest BCUT2D eigenvalue weighted by Gasteiger charge is -2.46. The van der Waals surface area contributed by atoms with Gasteiger partial charge in [0.25, 0.3) is 0 Å². The largest absolute Gasteiger partial charge is 0.394 e. The van der Waals surface area contributed by atoms with E-state index in [9.17, 15) is 45.6 Å². The third-order valence-corrected chi connectivity index (χ3v) is 11.1. The van der Waals surface area contributed by atoms with Gasteiger partial charge in [-0.2, -0.15) is 0 Å². The highest BCUT2D eigenvalue weighted by molar-refractivity contribution is 5.76. The first-order valence-corrected chi connectivity index (χ1v) is 21.8. The summed E-state index contributed by atoms with van der Waals surface area (Å²) < 4.78 is 22.6. The maximum absolute atomic E-state index is 13.0. The molecule has 0 aromatic carbocycles. The van der Waals surface area contributed by atoms with E-state index in [0.29, 0.717) is 12.8 Å². The molecule has 14 heteroatoms. The molecule has 0 aromatic heterocycles. The van der Waals surface area contributed by atoms with Crippen molar-refractivity contribution in [3.8, 4) is 0 Å². The van der Waals surface area contributed by atoms with Gasteiger partial charge in [-0.25, -0.2) is 0 Å². The first-order valence-electron chi connectivity index (χ1n) is 21.8. The van der Waals surface area contributed by atoms with Gasteiger partial charge in [-0.3, -0.25) is 4.79 Å². The van der Waals surface area contributed by atoms with Crippen LogP contribution in [0.15, 0.2) is 0 Å². The minimum absolute atomic E-state index is 0.214. The number of hydrogen-bond donors (Lipinski definition) is 9. The third kappa shape index (κ3) is 19.1. The first-order chi connectivity index (χ1) is 26.6. The van der Waals surface area contributed by atoms with Gasteiger partial charge in [-0.05, 0) is 12.8 Å². The lowest BCUT2D eigenvalue weighted by atomic mass is 9.97. The SMILES string of the molecule is CCCCCCCCCCCCCCCCC(O)C(COC1OC(CO)C(OC2OC(CO)C(O)C(O)C2O)C(O)C1O)NC(=O)CCCCCCCCC. The Bertz CT molecular complexity index is 946. The van der Waals surface area contributed by atoms with Crippen molar-refractivity contribution >= 4 is 5.91 Å². The number of unbranched alkanes of at least 4 members (excludes halogenated alkanes) is 19. The van der Waals surface area contributed by atoms with E-state index in [1.807, 2.05) is 0 Å². The van der Waals surface area contributed by atoms with Crippen LogP contribution in [-0.4, -0.2) is 140 Å². The van der Waals surface area contributed by atoms with Crippen LogP contribution in [0.3, 0.4) is 0 Å². The molecule has 2 aliphatic heterocycles. The molecular weight excluding hydrogens is 714 g/mol. The van der Waals surface area contributed by atoms with Gasteiger partial charge in [0.1, 0.15) is 48.8 Å². The Kier molecular flexibility index (Phi) is 27.4. The number of ether oxygens (including phenoxy) is 4. The first kappa shape index (κ1) is 50.1. The molecule has 2 fully saturated rings. The predicted molar refractivity (Wildman–Crippen MR) is 208 cm³/mol. The number of hydrogen-bond acceptors (Lipinski definition) is 13. The van der Waals surface area contributed by atoms with Crippen molar-refractivity contribution in [3.63, 3.8) is 0 Å². The Morgan fingerprint density at radius 3 is 1.55 bits per heavy atom. The van der Waals surface area contributed by atoms with Crippen LogP contribution in [0.4, 0.5) is 0 Å². The maximum atomic E-state index is 13.0. The van der Waals surface area contributed by atoms with Crippen LogP contribution >= 0.6 is 0 Å². The Balaban J connectivity index is 1.88. The van der Waals surface area contributed by atoms with Crippen LogP contribution < -0.4 is 5.32 Å². The standard InChI is InChI=1S/C41H79NO13/c1-3-5-7-9-11-12-13-14-15-16-17-19-20-22-24-30(45)29(42-33(46)25-23-21-18-10-8-6-4-2)28-52-40-38(51)36(49)39(32(27-44)54-40)55-41-37(50)35(48)34(47)31(26-43)53-41/h29-32,34-41,43-45,47-51H,3-28H2,1-2H3,(H,42,46). The van der Waals surface area contributed by atoms with Crippen LogP contribution in [0.25, 0.3) is 0 Å². The summed E-state index contributed by atoms with van der Waals surface area (Å²) in [6.07, 6.45) is 8.55. The van der Waals surface area contributed by atoms with Gasteiger partial charge < -0.3 is 65.1 Å². The molecule has 0 radical (unpaired) electrons. The van der Waals surface area contributed by atoms with Crippen molar-refractivity contribution in [2.75, 3.05) is 19.8 Å². The number of rotatable bonds is 32. The average molecular weight is 794 g/mol. The van der Waals surface area contributed by atoms with Crippen LogP contribution in [-0.2, 0) is 23.7 Å². The molecule has 0 aliphatic carbocycles. The van der Waals surface area contributed by atoms with E-state index in [4.69, 9.17) is 18.9 Å². The molecule has 326 valence electrons. The van der Waals surface area contributed by atoms with E-state index < -0.39 is 86.8 Å². The lowest BCUT2D eigenvalue weighted by Crippen LogP contribution is -2.65. The summed E-state index contributed by atoms with van der Waals surface area (Å²) in [5.74, 6) is -0.214. The molecule has 0 saturated carbocycles. The van der Waals surface area contributed by atoms with E-state index in [1.54, 1.807) is 0 Å². The van der Waals surface area contributed by atoms with Crippen molar-refractivity contribution in [3.05, 3.63) is 0 Å². The second-order valence-electron chi connectivity index (χ2n) is 15.8. The molecule has 2 heterocycles. The van der Waals surface area contributed by atoms with E-state index in [0.717, 1.165) is 51.4 Å². The highest BCUT2D eigenvalue weighted by atomic mass is 16.7. The molecule has 0 spiro atoms. The Morgan fingerprint density at radius 2 is 1.04 bits per heavy atom. The molecule has 14 nitrogen and oxygen atoms in total. The van der Waals surface area contributed by atoms with E-state index in [-0.39, 0.29) is 12.5 Å². The van der Waals surface area contributed by atoms with Gasteiger partial charge in [-0.1, -0.05) is 142 Å². The second kappa shape index (κ2) is 30.1. The van der Waals surface area contributed by atoms with E-state index >= 15 is 0 Å². The summed E-state index contributed by atoms with van der Waals surface area (Å²) in [6.45, 7) is 2.77. The molecule has 0 bridgehead atoms. The normalized spacial score (nSPS) is 29.6. The predicted octanol–water partition coefficient (Wildman–Crippen LogP) is 3.48. The highest BCUT2D eigenvalue weighted by Gasteiger charge is 2.51. The molecule has 1 amide bonds. The fourth-order valence-electron chi connectivity index (χ4n) is 7.41. The van der Waals surface area contributed by atoms with Gasteiger partial charge in [-0.15, -0.1) is 0 Å². The number of aliphatic hydroxyl groups is 8. The molecule has 55 heavy (non-hydrogen) atoms. The minimum atomic E-state index is -1.78. The number of carbonyl (C=O) groups is 1. The average Bonchev–Trinajstić information content (AvgIpc) is 3.18. The third-order valence-electron chi connectivity index (χ3n) is 11.1. The monoisotopic (exact) mass is 794 g/mol. The molecule has 9 N–H and O–H groups in total. The van der Waals surface area contributed by atoms with Crippen LogP contribution in [0, 0.1) is 0 Å². The van der Waals surface area contributed by atoms with Gasteiger partial charge in [0, 0.05) is 6.42 Å². The fraction of sp³-hybridized carbons (Fsp3) is 0.976. The summed E-state index contributed by atoms with van der Waals surface area (Å²) in [5.41, 5.74) is 0. The van der Waals surface area contributed by atoms with Gasteiger partial charge >= 0.3 is 0 Å². The maximum Gasteiger partial charge on any atom is 0.220 e. The molecule has 2 rings (SSSR count). The summed E-state index contributed by atoms with van der Waals surface area (Å²) in [6, 6.07) is -0.817. The highest BCUT2D eigenvalue weighted by Crippen LogP contribution is 2.30. The van der Waals surface area contributed by atoms with Crippen LogP contribution in [0.2, 0.25) is 0 Å². The van der Waals surface area contributed by atoms with Gasteiger partial charge in [0.2, 0.25) is 5.91 Å². The Labute approximate surface area is 330 Å². The summed E-state index contributed by atoms with van der Waals surface area (Å²) >= 11 is 0.